The summed E-state index contributed by atoms with van der Waals surface area (Å²) >= 11 is 1.52. The van der Waals surface area contributed by atoms with Crippen molar-refractivity contribution >= 4 is 22.3 Å². The van der Waals surface area contributed by atoms with Gasteiger partial charge in [-0.1, -0.05) is 0 Å². The Labute approximate surface area is 96.7 Å². The monoisotopic (exact) mass is 236 g/mol. The zero-order chi connectivity index (χ0) is 11.0. The summed E-state index contributed by atoms with van der Waals surface area (Å²) in [4.78, 5) is 5.15. The molecule has 2 N–H and O–H groups in total. The summed E-state index contributed by atoms with van der Waals surface area (Å²) < 4.78 is 0. The van der Waals surface area contributed by atoms with Gasteiger partial charge in [0.25, 0.3) is 0 Å². The maximum absolute atomic E-state index is 9.65. The van der Waals surface area contributed by atoms with Crippen LogP contribution in [0.1, 0.15) is 24.1 Å². The molecule has 0 saturated carbocycles. The Bertz CT molecular complexity index is 491. The maximum atomic E-state index is 9.65. The first-order chi connectivity index (χ1) is 7.84. The molecule has 0 saturated heterocycles. The lowest BCUT2D eigenvalue weighted by Crippen LogP contribution is -2.06. The Morgan fingerprint density at radius 3 is 3.06 bits per heavy atom. The molecule has 2 aromatic heterocycles. The van der Waals surface area contributed by atoms with Crippen molar-refractivity contribution in [2.45, 2.75) is 25.7 Å². The molecule has 84 valence electrons. The molecular formula is C10H12N4OS. The molecular weight excluding hydrogens is 224 g/mol. The number of hydrogen-bond acceptors (Lipinski definition) is 5. The first-order valence-corrected chi connectivity index (χ1v) is 6.19. The number of anilines is 2. The zero-order valence-corrected chi connectivity index (χ0v) is 9.50. The van der Waals surface area contributed by atoms with Crippen LogP contribution in [-0.4, -0.2) is 20.1 Å². The number of hydrogen-bond donors (Lipinski definition) is 2. The van der Waals surface area contributed by atoms with Crippen molar-refractivity contribution in [1.29, 1.82) is 0 Å². The van der Waals surface area contributed by atoms with E-state index < -0.39 is 0 Å². The summed E-state index contributed by atoms with van der Waals surface area (Å²) in [5, 5.41) is 19.6. The lowest BCUT2D eigenvalue weighted by atomic mass is 9.97. The number of nitrogens with one attached hydrogen (secondary N) is 1. The number of nitrogens with zero attached hydrogens (tertiary/aromatic N) is 3. The largest absolute Gasteiger partial charge is 0.411 e. The minimum Gasteiger partial charge on any atom is -0.411 e. The van der Waals surface area contributed by atoms with E-state index in [1.54, 1.807) is 6.20 Å². The first kappa shape index (κ1) is 9.65. The van der Waals surface area contributed by atoms with Crippen LogP contribution in [0.3, 0.4) is 0 Å². The van der Waals surface area contributed by atoms with Gasteiger partial charge in [0.2, 0.25) is 0 Å². The van der Waals surface area contributed by atoms with E-state index in [-0.39, 0.29) is 0 Å². The molecule has 0 unspecified atom stereocenters. The standard InChI is InChI=1S/C10H12N4OS/c15-14-8-4-2-1-3-7(8)9(13-14)12-10-11-5-6-16-10/h5-6,15H,1-4H2,(H,11,12,13). The third kappa shape index (κ3) is 1.55. The number of rotatable bonds is 2. The highest BCUT2D eigenvalue weighted by Crippen LogP contribution is 2.29. The van der Waals surface area contributed by atoms with E-state index in [9.17, 15) is 5.21 Å². The Balaban J connectivity index is 1.95. The molecule has 0 amide bonds. The molecule has 0 radical (unpaired) electrons. The van der Waals surface area contributed by atoms with Crippen LogP contribution < -0.4 is 5.32 Å². The van der Waals surface area contributed by atoms with Gasteiger partial charge in [-0.25, -0.2) is 4.98 Å². The van der Waals surface area contributed by atoms with Gasteiger partial charge in [0.15, 0.2) is 10.9 Å². The summed E-state index contributed by atoms with van der Waals surface area (Å²) in [5.41, 5.74) is 2.06. The average Bonchev–Trinajstić information content (AvgIpc) is 2.90. The smallest absolute Gasteiger partial charge is 0.188 e. The first-order valence-electron chi connectivity index (χ1n) is 5.31. The van der Waals surface area contributed by atoms with Crippen molar-refractivity contribution in [2.75, 3.05) is 5.32 Å². The lowest BCUT2D eigenvalue weighted by Gasteiger charge is -2.11. The van der Waals surface area contributed by atoms with Gasteiger partial charge >= 0.3 is 0 Å². The molecule has 3 rings (SSSR count). The normalized spacial score (nSPS) is 14.8. The minimum absolute atomic E-state index is 0.743. The molecule has 1 aliphatic rings. The van der Waals surface area contributed by atoms with Gasteiger partial charge in [-0.15, -0.1) is 21.3 Å². The number of aromatic nitrogens is 3. The molecule has 1 aliphatic carbocycles. The van der Waals surface area contributed by atoms with E-state index >= 15 is 0 Å². The van der Waals surface area contributed by atoms with Gasteiger partial charge in [-0.2, -0.15) is 0 Å². The predicted molar refractivity (Wildman–Crippen MR) is 61.5 cm³/mol. The van der Waals surface area contributed by atoms with Crippen LogP contribution in [0.5, 0.6) is 0 Å². The lowest BCUT2D eigenvalue weighted by molar-refractivity contribution is 0.139. The molecule has 6 heteroatoms. The quantitative estimate of drug-likeness (QED) is 0.785. The van der Waals surface area contributed by atoms with Gasteiger partial charge in [0, 0.05) is 17.1 Å². The summed E-state index contributed by atoms with van der Waals surface area (Å²) in [6, 6.07) is 0. The second-order valence-corrected chi connectivity index (χ2v) is 4.73. The van der Waals surface area contributed by atoms with E-state index in [0.717, 1.165) is 52.7 Å². The third-order valence-electron chi connectivity index (χ3n) is 2.82. The van der Waals surface area contributed by atoms with Gasteiger partial charge in [0.1, 0.15) is 0 Å². The fourth-order valence-corrected chi connectivity index (χ4v) is 2.60. The van der Waals surface area contributed by atoms with Crippen molar-refractivity contribution < 1.29 is 5.21 Å². The summed E-state index contributed by atoms with van der Waals surface area (Å²) in [5.74, 6) is 0.743. The molecule has 0 aliphatic heterocycles. The van der Waals surface area contributed by atoms with Crippen molar-refractivity contribution in [3.8, 4) is 0 Å². The van der Waals surface area contributed by atoms with Crippen LogP contribution in [0.15, 0.2) is 11.6 Å². The number of thiazole rings is 1. The van der Waals surface area contributed by atoms with Crippen LogP contribution >= 0.6 is 11.3 Å². The van der Waals surface area contributed by atoms with Crippen molar-refractivity contribution in [1.82, 2.24) is 14.9 Å². The topological polar surface area (TPSA) is 63.0 Å². The molecule has 0 bridgehead atoms. The molecule has 2 aromatic rings. The molecule has 2 heterocycles. The van der Waals surface area contributed by atoms with Crippen molar-refractivity contribution in [3.63, 3.8) is 0 Å². The SMILES string of the molecule is On1nc(Nc2nccs2)c2c1CCCC2. The summed E-state index contributed by atoms with van der Waals surface area (Å²) in [6.45, 7) is 0. The Hall–Kier alpha value is -1.56. The Morgan fingerprint density at radius 2 is 2.25 bits per heavy atom. The van der Waals surface area contributed by atoms with Crippen molar-refractivity contribution in [3.05, 3.63) is 22.8 Å². The molecule has 0 fully saturated rings. The van der Waals surface area contributed by atoms with E-state index in [2.05, 4.69) is 15.4 Å². The average molecular weight is 236 g/mol. The minimum atomic E-state index is 0.743. The van der Waals surface area contributed by atoms with E-state index in [0.29, 0.717) is 0 Å². The van der Waals surface area contributed by atoms with Crippen LogP contribution in [-0.2, 0) is 12.8 Å². The molecule has 0 aromatic carbocycles. The predicted octanol–water partition coefficient (Wildman–Crippen LogP) is 2.20. The Morgan fingerprint density at radius 1 is 1.38 bits per heavy atom. The second kappa shape index (κ2) is 3.79. The molecule has 0 atom stereocenters. The van der Waals surface area contributed by atoms with Gasteiger partial charge in [0.05, 0.1) is 5.69 Å². The van der Waals surface area contributed by atoms with Crippen molar-refractivity contribution in [2.24, 2.45) is 0 Å². The van der Waals surface area contributed by atoms with Crippen LogP contribution in [0.25, 0.3) is 0 Å². The maximum Gasteiger partial charge on any atom is 0.188 e. The van der Waals surface area contributed by atoms with Gasteiger partial charge in [-0.3, -0.25) is 0 Å². The van der Waals surface area contributed by atoms with Gasteiger partial charge < -0.3 is 10.5 Å². The van der Waals surface area contributed by atoms with Gasteiger partial charge in [-0.05, 0) is 25.7 Å². The fourth-order valence-electron chi connectivity index (χ4n) is 2.07. The summed E-state index contributed by atoms with van der Waals surface area (Å²) in [6.07, 6.45) is 5.90. The molecule has 16 heavy (non-hydrogen) atoms. The Kier molecular flexibility index (Phi) is 2.28. The van der Waals surface area contributed by atoms with E-state index in [1.807, 2.05) is 5.38 Å². The van der Waals surface area contributed by atoms with E-state index in [4.69, 9.17) is 0 Å². The fraction of sp³-hybridized carbons (Fsp3) is 0.400. The third-order valence-corrected chi connectivity index (χ3v) is 3.51. The zero-order valence-electron chi connectivity index (χ0n) is 8.68. The second-order valence-electron chi connectivity index (χ2n) is 3.83. The van der Waals surface area contributed by atoms with Crippen LogP contribution in [0.4, 0.5) is 10.9 Å². The molecule has 0 spiro atoms. The highest BCUT2D eigenvalue weighted by molar-refractivity contribution is 7.13. The van der Waals surface area contributed by atoms with Crippen LogP contribution in [0, 0.1) is 0 Å². The highest BCUT2D eigenvalue weighted by atomic mass is 32.1. The number of fused-ring (bicyclic) bond motifs is 1. The highest BCUT2D eigenvalue weighted by Gasteiger charge is 2.21. The van der Waals surface area contributed by atoms with Crippen LogP contribution in [0.2, 0.25) is 0 Å². The summed E-state index contributed by atoms with van der Waals surface area (Å²) in [7, 11) is 0. The molecule has 5 nitrogen and oxygen atoms in total. The van der Waals surface area contributed by atoms with E-state index in [1.165, 1.54) is 11.3 Å².